The Kier molecular flexibility index (Phi) is 5.91. The zero-order chi connectivity index (χ0) is 22.0. The summed E-state index contributed by atoms with van der Waals surface area (Å²) in [7, 11) is 3.43. The first kappa shape index (κ1) is 20.9. The summed E-state index contributed by atoms with van der Waals surface area (Å²) in [5, 5.41) is 0. The molecule has 0 spiro atoms. The molecule has 0 saturated carbocycles. The number of rotatable bonds is 6. The number of hydrogen-bond donors (Lipinski definition) is 0. The van der Waals surface area contributed by atoms with Crippen LogP contribution in [0.3, 0.4) is 0 Å². The zero-order valence-electron chi connectivity index (χ0n) is 18.0. The summed E-state index contributed by atoms with van der Waals surface area (Å²) in [5.41, 5.74) is 3.90. The van der Waals surface area contributed by atoms with Gasteiger partial charge in [-0.2, -0.15) is 0 Å². The molecule has 1 atom stereocenters. The molecule has 1 aliphatic heterocycles. The SMILES string of the molecule is C[C@@H]1c2ccccc2CN1Cc1cc(=O)c(OCc2ccc(C(=O)N(C)C)cc2)co1. The molecule has 2 heterocycles. The summed E-state index contributed by atoms with van der Waals surface area (Å²) in [6, 6.07) is 17.3. The van der Waals surface area contributed by atoms with E-state index in [1.807, 2.05) is 12.1 Å². The highest BCUT2D eigenvalue weighted by molar-refractivity contribution is 5.93. The molecule has 6 nitrogen and oxygen atoms in total. The predicted octanol–water partition coefficient (Wildman–Crippen LogP) is 4.00. The van der Waals surface area contributed by atoms with Gasteiger partial charge in [0.15, 0.2) is 0 Å². The molecule has 0 radical (unpaired) electrons. The first-order chi connectivity index (χ1) is 14.9. The Hall–Kier alpha value is -3.38. The van der Waals surface area contributed by atoms with E-state index in [-0.39, 0.29) is 29.7 Å². The normalized spacial score (nSPS) is 15.5. The van der Waals surface area contributed by atoms with Gasteiger partial charge in [0.25, 0.3) is 5.91 Å². The van der Waals surface area contributed by atoms with E-state index in [4.69, 9.17) is 9.15 Å². The molecule has 4 rings (SSSR count). The summed E-state index contributed by atoms with van der Waals surface area (Å²) in [4.78, 5) is 28.3. The second kappa shape index (κ2) is 8.78. The van der Waals surface area contributed by atoms with Crippen molar-refractivity contribution in [3.05, 3.63) is 99.1 Å². The van der Waals surface area contributed by atoms with Crippen LogP contribution in [0.4, 0.5) is 0 Å². The summed E-state index contributed by atoms with van der Waals surface area (Å²) in [6.07, 6.45) is 1.38. The number of nitrogens with zero attached hydrogens (tertiary/aromatic N) is 2. The van der Waals surface area contributed by atoms with E-state index in [0.29, 0.717) is 17.9 Å². The van der Waals surface area contributed by atoms with Crippen molar-refractivity contribution in [3.8, 4) is 5.75 Å². The van der Waals surface area contributed by atoms with Crippen LogP contribution in [-0.2, 0) is 19.7 Å². The van der Waals surface area contributed by atoms with E-state index in [2.05, 4.69) is 36.1 Å². The van der Waals surface area contributed by atoms with E-state index in [9.17, 15) is 9.59 Å². The predicted molar refractivity (Wildman–Crippen MR) is 118 cm³/mol. The summed E-state index contributed by atoms with van der Waals surface area (Å²) < 4.78 is 11.3. The highest BCUT2D eigenvalue weighted by atomic mass is 16.5. The van der Waals surface area contributed by atoms with Gasteiger partial charge in [0.05, 0.1) is 6.54 Å². The van der Waals surface area contributed by atoms with Crippen molar-refractivity contribution in [1.82, 2.24) is 9.80 Å². The van der Waals surface area contributed by atoms with Gasteiger partial charge in [0, 0.05) is 38.3 Å². The van der Waals surface area contributed by atoms with Crippen LogP contribution in [0.1, 0.15) is 45.8 Å². The van der Waals surface area contributed by atoms with Crippen LogP contribution in [0.2, 0.25) is 0 Å². The number of ether oxygens (including phenoxy) is 1. The molecule has 2 aromatic carbocycles. The number of benzene rings is 2. The van der Waals surface area contributed by atoms with E-state index in [1.165, 1.54) is 28.4 Å². The van der Waals surface area contributed by atoms with Crippen LogP contribution in [0.15, 0.2) is 70.1 Å². The van der Waals surface area contributed by atoms with E-state index < -0.39 is 0 Å². The van der Waals surface area contributed by atoms with Crippen molar-refractivity contribution in [3.63, 3.8) is 0 Å². The Balaban J connectivity index is 1.37. The molecule has 0 aliphatic carbocycles. The second-order valence-corrected chi connectivity index (χ2v) is 8.04. The maximum absolute atomic E-state index is 12.5. The molecule has 0 unspecified atom stereocenters. The summed E-state index contributed by atoms with van der Waals surface area (Å²) in [5.74, 6) is 0.734. The van der Waals surface area contributed by atoms with Crippen LogP contribution in [-0.4, -0.2) is 29.8 Å². The third-order valence-electron chi connectivity index (χ3n) is 5.64. The third-order valence-corrected chi connectivity index (χ3v) is 5.64. The monoisotopic (exact) mass is 418 g/mol. The number of carbonyl (C=O) groups excluding carboxylic acids is 1. The van der Waals surface area contributed by atoms with Gasteiger partial charge in [-0.3, -0.25) is 14.5 Å². The number of hydrogen-bond acceptors (Lipinski definition) is 5. The van der Waals surface area contributed by atoms with Gasteiger partial charge >= 0.3 is 0 Å². The molecule has 160 valence electrons. The Morgan fingerprint density at radius 1 is 1.16 bits per heavy atom. The molecule has 6 heteroatoms. The lowest BCUT2D eigenvalue weighted by atomic mass is 10.1. The number of amides is 1. The van der Waals surface area contributed by atoms with Crippen LogP contribution in [0, 0.1) is 0 Å². The Labute approximate surface area is 181 Å². The van der Waals surface area contributed by atoms with Crippen molar-refractivity contribution >= 4 is 5.91 Å². The van der Waals surface area contributed by atoms with Crippen molar-refractivity contribution in [2.75, 3.05) is 14.1 Å². The molecule has 1 aromatic heterocycles. The largest absolute Gasteiger partial charge is 0.482 e. The maximum Gasteiger partial charge on any atom is 0.253 e. The second-order valence-electron chi connectivity index (χ2n) is 8.04. The lowest BCUT2D eigenvalue weighted by molar-refractivity contribution is 0.0827. The van der Waals surface area contributed by atoms with Gasteiger partial charge in [-0.1, -0.05) is 36.4 Å². The molecule has 3 aromatic rings. The van der Waals surface area contributed by atoms with E-state index >= 15 is 0 Å². The quantitative estimate of drug-likeness (QED) is 0.606. The third kappa shape index (κ3) is 4.54. The van der Waals surface area contributed by atoms with Gasteiger partial charge < -0.3 is 14.1 Å². The molecule has 0 saturated heterocycles. The fourth-order valence-corrected chi connectivity index (χ4v) is 3.82. The lowest BCUT2D eigenvalue weighted by Gasteiger charge is -2.20. The highest BCUT2D eigenvalue weighted by Crippen LogP contribution is 2.34. The zero-order valence-corrected chi connectivity index (χ0v) is 18.0. The van der Waals surface area contributed by atoms with Crippen LogP contribution in [0.5, 0.6) is 5.75 Å². The van der Waals surface area contributed by atoms with Crippen molar-refractivity contribution in [1.29, 1.82) is 0 Å². The molecular formula is C25H26N2O4. The first-order valence-electron chi connectivity index (χ1n) is 10.3. The smallest absolute Gasteiger partial charge is 0.253 e. The fraction of sp³-hybridized carbons (Fsp3) is 0.280. The average molecular weight is 418 g/mol. The molecular weight excluding hydrogens is 392 g/mol. The standard InChI is InChI=1S/C25H26N2O4/c1-17-22-7-5-4-6-20(22)13-27(17)14-21-12-23(28)24(16-30-21)31-15-18-8-10-19(11-9-18)25(29)26(2)3/h4-12,16-17H,13-15H2,1-3H3/t17-/m1/s1. The lowest BCUT2D eigenvalue weighted by Crippen LogP contribution is -2.21. The number of fused-ring (bicyclic) bond motifs is 1. The Bertz CT molecular complexity index is 1130. The molecule has 0 fully saturated rings. The van der Waals surface area contributed by atoms with Crippen LogP contribution in [0.25, 0.3) is 0 Å². The van der Waals surface area contributed by atoms with Crippen molar-refractivity contribution in [2.45, 2.75) is 32.7 Å². The van der Waals surface area contributed by atoms with E-state index in [1.54, 1.807) is 26.2 Å². The first-order valence-corrected chi connectivity index (χ1v) is 10.3. The maximum atomic E-state index is 12.5. The fourth-order valence-electron chi connectivity index (χ4n) is 3.82. The molecule has 0 bridgehead atoms. The van der Waals surface area contributed by atoms with Gasteiger partial charge in [0.2, 0.25) is 11.2 Å². The topological polar surface area (TPSA) is 63.0 Å². The minimum Gasteiger partial charge on any atom is -0.482 e. The molecule has 1 aliphatic rings. The minimum atomic E-state index is -0.204. The molecule has 0 N–H and O–H groups in total. The van der Waals surface area contributed by atoms with Crippen LogP contribution >= 0.6 is 0 Å². The van der Waals surface area contributed by atoms with Crippen molar-refractivity contribution in [2.24, 2.45) is 0 Å². The van der Waals surface area contributed by atoms with Crippen molar-refractivity contribution < 1.29 is 13.9 Å². The molecule has 1 amide bonds. The van der Waals surface area contributed by atoms with Crippen LogP contribution < -0.4 is 10.2 Å². The van der Waals surface area contributed by atoms with Gasteiger partial charge in [-0.15, -0.1) is 0 Å². The molecule has 31 heavy (non-hydrogen) atoms. The highest BCUT2D eigenvalue weighted by Gasteiger charge is 2.26. The Morgan fingerprint density at radius 2 is 1.90 bits per heavy atom. The van der Waals surface area contributed by atoms with Gasteiger partial charge in [0.1, 0.15) is 18.6 Å². The van der Waals surface area contributed by atoms with Gasteiger partial charge in [-0.05, 0) is 35.7 Å². The van der Waals surface area contributed by atoms with Gasteiger partial charge in [-0.25, -0.2) is 0 Å². The number of carbonyl (C=O) groups is 1. The van der Waals surface area contributed by atoms with E-state index in [0.717, 1.165) is 12.1 Å². The summed E-state index contributed by atoms with van der Waals surface area (Å²) >= 11 is 0. The summed E-state index contributed by atoms with van der Waals surface area (Å²) in [6.45, 7) is 3.79. The Morgan fingerprint density at radius 3 is 2.58 bits per heavy atom. The minimum absolute atomic E-state index is 0.0564. The average Bonchev–Trinajstić information content (AvgIpc) is 3.08.